The molecule has 202 valence electrons. The number of fused-ring (bicyclic) bond motifs is 1. The number of carbonyl (C=O) groups is 3. The summed E-state index contributed by atoms with van der Waals surface area (Å²) in [6, 6.07) is 9.24. The molecule has 1 heterocycles. The molecule has 5 N–H and O–H groups in total. The van der Waals surface area contributed by atoms with Gasteiger partial charge < -0.3 is 25.5 Å². The Bertz CT molecular complexity index is 1390. The van der Waals surface area contributed by atoms with Crippen molar-refractivity contribution in [1.82, 2.24) is 20.3 Å². The molecular formula is C25H27FN4O7S. The van der Waals surface area contributed by atoms with Crippen LogP contribution in [0.4, 0.5) is 9.18 Å². The Morgan fingerprint density at radius 2 is 1.87 bits per heavy atom. The van der Waals surface area contributed by atoms with Crippen LogP contribution in [0.25, 0.3) is 22.3 Å². The molecule has 3 aromatic rings. The third-order valence-corrected chi connectivity index (χ3v) is 6.93. The van der Waals surface area contributed by atoms with Gasteiger partial charge in [-0.15, -0.1) is 0 Å². The minimum Gasteiger partial charge on any atom is -0.465 e. The highest BCUT2D eigenvalue weighted by molar-refractivity contribution is 7.76. The highest BCUT2D eigenvalue weighted by Gasteiger charge is 2.30. The molecule has 0 bridgehead atoms. The molecule has 1 saturated carbocycles. The predicted molar refractivity (Wildman–Crippen MR) is 137 cm³/mol. The fourth-order valence-corrected chi connectivity index (χ4v) is 4.71. The van der Waals surface area contributed by atoms with E-state index in [2.05, 4.69) is 10.6 Å². The number of rotatable bonds is 11. The van der Waals surface area contributed by atoms with E-state index in [4.69, 9.17) is 9.52 Å². The van der Waals surface area contributed by atoms with Crippen molar-refractivity contribution >= 4 is 40.1 Å². The van der Waals surface area contributed by atoms with Gasteiger partial charge in [0.15, 0.2) is 0 Å². The number of amides is 3. The molecule has 0 spiro atoms. The standard InChI is InChI=1S/C25H27FN4O7S/c1-27-24(32)22-19-11-18(14-2-3-14)16(10-20(19)37-23(22)15-4-6-17(26)7-5-15)13-30(38(35)36)9-8-28-21(31)12-29-25(33)34/h4-7,10-11,14,29H,2-3,8-9,12-13H2,1H3,(H,27,32)(H,28,31)(H,33,34)(H,35,36). The largest absolute Gasteiger partial charge is 0.465 e. The van der Waals surface area contributed by atoms with E-state index in [0.29, 0.717) is 27.9 Å². The molecule has 13 heteroatoms. The van der Waals surface area contributed by atoms with E-state index in [-0.39, 0.29) is 31.5 Å². The maximum Gasteiger partial charge on any atom is 0.405 e. The van der Waals surface area contributed by atoms with Gasteiger partial charge in [-0.25, -0.2) is 13.4 Å². The van der Waals surface area contributed by atoms with Crippen molar-refractivity contribution in [2.24, 2.45) is 0 Å². The van der Waals surface area contributed by atoms with E-state index in [1.807, 2.05) is 11.4 Å². The van der Waals surface area contributed by atoms with Crippen LogP contribution in [0.1, 0.15) is 40.2 Å². The van der Waals surface area contributed by atoms with Gasteiger partial charge in [0.25, 0.3) is 5.91 Å². The van der Waals surface area contributed by atoms with Crippen molar-refractivity contribution in [3.63, 3.8) is 0 Å². The fraction of sp³-hybridized carbons (Fsp3) is 0.320. The van der Waals surface area contributed by atoms with E-state index in [1.54, 1.807) is 6.07 Å². The van der Waals surface area contributed by atoms with E-state index < -0.39 is 35.6 Å². The summed E-state index contributed by atoms with van der Waals surface area (Å²) < 4.78 is 42.8. The molecule has 3 amide bonds. The zero-order chi connectivity index (χ0) is 27.4. The Labute approximate surface area is 219 Å². The van der Waals surface area contributed by atoms with Crippen LogP contribution < -0.4 is 16.0 Å². The van der Waals surface area contributed by atoms with Crippen LogP contribution >= 0.6 is 0 Å². The number of hydrogen-bond acceptors (Lipinski definition) is 5. The summed E-state index contributed by atoms with van der Waals surface area (Å²) in [5.74, 6) is -0.827. The van der Waals surface area contributed by atoms with Crippen LogP contribution in [-0.4, -0.2) is 62.8 Å². The SMILES string of the molecule is CNC(=O)c1c(-c2ccc(F)cc2)oc2cc(CN(CCNC(=O)CNC(=O)O)S(=O)O)c(C3CC3)cc12. The van der Waals surface area contributed by atoms with Gasteiger partial charge in [-0.1, -0.05) is 0 Å². The van der Waals surface area contributed by atoms with E-state index in [9.17, 15) is 27.5 Å². The number of hydrogen-bond donors (Lipinski definition) is 5. The predicted octanol–water partition coefficient (Wildman–Crippen LogP) is 2.80. The molecule has 4 rings (SSSR count). The minimum atomic E-state index is -2.36. The van der Waals surface area contributed by atoms with E-state index in [1.165, 1.54) is 35.6 Å². The first-order valence-corrected chi connectivity index (χ1v) is 12.9. The van der Waals surface area contributed by atoms with Gasteiger partial charge in [-0.2, -0.15) is 4.31 Å². The van der Waals surface area contributed by atoms with Crippen molar-refractivity contribution < 1.29 is 37.1 Å². The number of nitrogens with zero attached hydrogens (tertiary/aromatic N) is 1. The molecule has 1 fully saturated rings. The third-order valence-electron chi connectivity index (χ3n) is 6.18. The summed E-state index contributed by atoms with van der Waals surface area (Å²) in [5, 5.41) is 16.2. The highest BCUT2D eigenvalue weighted by Crippen LogP contribution is 2.45. The van der Waals surface area contributed by atoms with Crippen LogP contribution in [0.5, 0.6) is 0 Å². The molecule has 0 saturated heterocycles. The van der Waals surface area contributed by atoms with Crippen molar-refractivity contribution in [2.75, 3.05) is 26.7 Å². The smallest absolute Gasteiger partial charge is 0.405 e. The lowest BCUT2D eigenvalue weighted by Gasteiger charge is -2.20. The Hall–Kier alpha value is -3.81. The Balaban J connectivity index is 1.64. The number of carboxylic acid groups (broad SMARTS) is 1. The van der Waals surface area contributed by atoms with Gasteiger partial charge in [0.1, 0.15) is 17.2 Å². The summed E-state index contributed by atoms with van der Waals surface area (Å²) in [6.07, 6.45) is 0.540. The summed E-state index contributed by atoms with van der Waals surface area (Å²) >= 11 is -2.36. The number of halogens is 1. The van der Waals surface area contributed by atoms with Crippen LogP contribution in [-0.2, 0) is 22.6 Å². The molecular weight excluding hydrogens is 519 g/mol. The zero-order valence-corrected chi connectivity index (χ0v) is 21.3. The van der Waals surface area contributed by atoms with Crippen LogP contribution in [0.2, 0.25) is 0 Å². The van der Waals surface area contributed by atoms with Gasteiger partial charge in [0.05, 0.1) is 12.1 Å². The first-order chi connectivity index (χ1) is 18.2. The molecule has 1 aliphatic carbocycles. The number of benzene rings is 2. The van der Waals surface area contributed by atoms with Crippen molar-refractivity contribution in [2.45, 2.75) is 25.3 Å². The minimum absolute atomic E-state index is 0.0176. The summed E-state index contributed by atoms with van der Waals surface area (Å²) in [7, 11) is 1.51. The average Bonchev–Trinajstić information content (AvgIpc) is 3.66. The first kappa shape index (κ1) is 27.2. The summed E-state index contributed by atoms with van der Waals surface area (Å²) in [4.78, 5) is 35.1. The summed E-state index contributed by atoms with van der Waals surface area (Å²) in [6.45, 7) is -0.325. The lowest BCUT2D eigenvalue weighted by molar-refractivity contribution is -0.120. The molecule has 0 aliphatic heterocycles. The third kappa shape index (κ3) is 6.36. The maximum absolute atomic E-state index is 13.5. The van der Waals surface area contributed by atoms with Crippen LogP contribution in [0, 0.1) is 5.82 Å². The van der Waals surface area contributed by atoms with Gasteiger partial charge in [-0.3, -0.25) is 14.1 Å². The van der Waals surface area contributed by atoms with Crippen molar-refractivity contribution in [1.29, 1.82) is 0 Å². The molecule has 1 atom stereocenters. The second-order valence-corrected chi connectivity index (χ2v) is 9.79. The van der Waals surface area contributed by atoms with Gasteiger partial charge >= 0.3 is 6.09 Å². The van der Waals surface area contributed by atoms with Crippen molar-refractivity contribution in [3.8, 4) is 11.3 Å². The zero-order valence-electron chi connectivity index (χ0n) is 20.5. The molecule has 38 heavy (non-hydrogen) atoms. The molecule has 0 radical (unpaired) electrons. The normalized spacial score (nSPS) is 13.9. The average molecular weight is 547 g/mol. The molecule has 11 nitrogen and oxygen atoms in total. The fourth-order valence-electron chi connectivity index (χ4n) is 4.21. The topological polar surface area (TPSA) is 161 Å². The number of carbonyl (C=O) groups excluding carboxylic acids is 2. The monoisotopic (exact) mass is 546 g/mol. The van der Waals surface area contributed by atoms with Crippen LogP contribution in [0.3, 0.4) is 0 Å². The maximum atomic E-state index is 13.5. The molecule has 1 unspecified atom stereocenters. The van der Waals surface area contributed by atoms with E-state index in [0.717, 1.165) is 24.0 Å². The molecule has 1 aromatic heterocycles. The second kappa shape index (κ2) is 11.7. The lowest BCUT2D eigenvalue weighted by Crippen LogP contribution is -2.40. The second-order valence-electron chi connectivity index (χ2n) is 8.82. The first-order valence-electron chi connectivity index (χ1n) is 11.8. The highest BCUT2D eigenvalue weighted by atomic mass is 32.2. The Morgan fingerprint density at radius 3 is 2.47 bits per heavy atom. The Kier molecular flexibility index (Phi) is 8.39. The quantitative estimate of drug-likeness (QED) is 0.231. The number of furan rings is 1. The summed E-state index contributed by atoms with van der Waals surface area (Å²) in [5.41, 5.74) is 2.92. The molecule has 1 aliphatic rings. The van der Waals surface area contributed by atoms with E-state index >= 15 is 0 Å². The molecule has 2 aromatic carbocycles. The van der Waals surface area contributed by atoms with Crippen molar-refractivity contribution in [3.05, 3.63) is 58.9 Å². The van der Waals surface area contributed by atoms with Gasteiger partial charge in [0, 0.05) is 37.6 Å². The Morgan fingerprint density at radius 1 is 1.16 bits per heavy atom. The van der Waals surface area contributed by atoms with Crippen LogP contribution in [0.15, 0.2) is 40.8 Å². The number of nitrogens with one attached hydrogen (secondary N) is 3. The van der Waals surface area contributed by atoms with Gasteiger partial charge in [0.2, 0.25) is 17.2 Å². The van der Waals surface area contributed by atoms with Gasteiger partial charge in [-0.05, 0) is 66.3 Å². The lowest BCUT2D eigenvalue weighted by atomic mass is 9.97.